The third-order valence-electron chi connectivity index (χ3n) is 2.81. The van der Waals surface area contributed by atoms with Gasteiger partial charge in [-0.15, -0.1) is 0 Å². The Labute approximate surface area is 99.2 Å². The summed E-state index contributed by atoms with van der Waals surface area (Å²) < 4.78 is 18.0. The lowest BCUT2D eigenvalue weighted by atomic mass is 10.0. The van der Waals surface area contributed by atoms with Crippen molar-refractivity contribution in [2.75, 3.05) is 6.61 Å². The van der Waals surface area contributed by atoms with Crippen LogP contribution in [0.3, 0.4) is 0 Å². The van der Waals surface area contributed by atoms with Gasteiger partial charge in [-0.1, -0.05) is 0 Å². The molecule has 0 aliphatic carbocycles. The van der Waals surface area contributed by atoms with Crippen molar-refractivity contribution in [3.8, 4) is 0 Å². The maximum Gasteiger partial charge on any atom is 0.253 e. The van der Waals surface area contributed by atoms with Crippen LogP contribution in [-0.4, -0.2) is 29.6 Å². The van der Waals surface area contributed by atoms with E-state index in [9.17, 15) is 9.18 Å². The summed E-state index contributed by atoms with van der Waals surface area (Å²) in [5, 5.41) is 2.90. The van der Waals surface area contributed by atoms with Crippen molar-refractivity contribution in [2.24, 2.45) is 0 Å². The maximum atomic E-state index is 12.6. The fraction of sp³-hybridized carbons (Fsp3) is 0.500. The van der Waals surface area contributed by atoms with Crippen molar-refractivity contribution in [2.45, 2.75) is 31.9 Å². The fourth-order valence-corrected chi connectivity index (χ4v) is 1.91. The van der Waals surface area contributed by atoms with E-state index in [4.69, 9.17) is 4.74 Å². The van der Waals surface area contributed by atoms with Crippen LogP contribution in [0.4, 0.5) is 4.39 Å². The lowest BCUT2D eigenvalue weighted by Crippen LogP contribution is -2.41. The average molecular weight is 238 g/mol. The molecule has 5 heteroatoms. The quantitative estimate of drug-likeness (QED) is 0.795. The van der Waals surface area contributed by atoms with Crippen molar-refractivity contribution in [3.63, 3.8) is 0 Å². The Morgan fingerprint density at radius 1 is 1.59 bits per heavy atom. The van der Waals surface area contributed by atoms with Crippen LogP contribution in [0.2, 0.25) is 0 Å². The molecule has 0 radical (unpaired) electrons. The van der Waals surface area contributed by atoms with Crippen LogP contribution in [0.25, 0.3) is 0 Å². The molecule has 1 aliphatic rings. The van der Waals surface area contributed by atoms with Gasteiger partial charge in [0.05, 0.1) is 11.7 Å². The highest BCUT2D eigenvalue weighted by molar-refractivity contribution is 5.94. The zero-order chi connectivity index (χ0) is 12.3. The standard InChI is InChI=1S/C12H15FN2O2/c1-8-6-10(4-5-17-8)15-12(16)9-2-3-11(13)14-7-9/h2-3,7-8,10H,4-6H2,1H3,(H,15,16). The lowest BCUT2D eigenvalue weighted by molar-refractivity contribution is 0.0136. The summed E-state index contributed by atoms with van der Waals surface area (Å²) in [6.45, 7) is 2.64. The molecule has 92 valence electrons. The monoisotopic (exact) mass is 238 g/mol. The smallest absolute Gasteiger partial charge is 0.253 e. The summed E-state index contributed by atoms with van der Waals surface area (Å²) in [5.41, 5.74) is 0.380. The minimum atomic E-state index is -0.582. The molecule has 17 heavy (non-hydrogen) atoms. The number of rotatable bonds is 2. The zero-order valence-corrected chi connectivity index (χ0v) is 9.65. The number of aromatic nitrogens is 1. The molecule has 1 saturated heterocycles. The maximum absolute atomic E-state index is 12.6. The first-order valence-electron chi connectivity index (χ1n) is 5.69. The van der Waals surface area contributed by atoms with E-state index >= 15 is 0 Å². The molecule has 1 aromatic rings. The van der Waals surface area contributed by atoms with Crippen molar-refractivity contribution in [3.05, 3.63) is 29.8 Å². The second-order valence-electron chi connectivity index (χ2n) is 4.25. The summed E-state index contributed by atoms with van der Waals surface area (Å²) in [6.07, 6.45) is 3.03. The summed E-state index contributed by atoms with van der Waals surface area (Å²) in [7, 11) is 0. The number of hydrogen-bond donors (Lipinski definition) is 1. The third-order valence-corrected chi connectivity index (χ3v) is 2.81. The van der Waals surface area contributed by atoms with Gasteiger partial charge < -0.3 is 10.1 Å². The van der Waals surface area contributed by atoms with Crippen LogP contribution < -0.4 is 5.32 Å². The minimum Gasteiger partial charge on any atom is -0.378 e. The molecule has 0 aromatic carbocycles. The van der Waals surface area contributed by atoms with Crippen LogP contribution in [0.15, 0.2) is 18.3 Å². The molecule has 1 aromatic heterocycles. The van der Waals surface area contributed by atoms with Crippen molar-refractivity contribution < 1.29 is 13.9 Å². The van der Waals surface area contributed by atoms with E-state index in [1.807, 2.05) is 6.92 Å². The van der Waals surface area contributed by atoms with Gasteiger partial charge >= 0.3 is 0 Å². The van der Waals surface area contributed by atoms with E-state index < -0.39 is 5.95 Å². The number of carbonyl (C=O) groups excluding carboxylic acids is 1. The predicted molar refractivity (Wildman–Crippen MR) is 60.1 cm³/mol. The molecule has 0 bridgehead atoms. The Morgan fingerprint density at radius 2 is 2.41 bits per heavy atom. The minimum absolute atomic E-state index is 0.122. The first-order valence-corrected chi connectivity index (χ1v) is 5.69. The Bertz CT molecular complexity index is 394. The number of hydrogen-bond acceptors (Lipinski definition) is 3. The van der Waals surface area contributed by atoms with Gasteiger partial charge in [0.15, 0.2) is 0 Å². The van der Waals surface area contributed by atoms with E-state index in [-0.39, 0.29) is 18.1 Å². The van der Waals surface area contributed by atoms with E-state index in [0.717, 1.165) is 12.8 Å². The van der Waals surface area contributed by atoms with Gasteiger partial charge in [0.1, 0.15) is 0 Å². The fourth-order valence-electron chi connectivity index (χ4n) is 1.91. The number of nitrogens with zero attached hydrogens (tertiary/aromatic N) is 1. The number of carbonyl (C=O) groups is 1. The summed E-state index contributed by atoms with van der Waals surface area (Å²) in [5.74, 6) is -0.794. The Kier molecular flexibility index (Phi) is 3.68. The van der Waals surface area contributed by atoms with Gasteiger partial charge in [0, 0.05) is 18.8 Å². The zero-order valence-electron chi connectivity index (χ0n) is 9.65. The highest BCUT2D eigenvalue weighted by atomic mass is 19.1. The largest absolute Gasteiger partial charge is 0.378 e. The Hall–Kier alpha value is -1.49. The molecule has 4 nitrogen and oxygen atoms in total. The summed E-state index contributed by atoms with van der Waals surface area (Å²) in [4.78, 5) is 15.3. The molecule has 1 amide bonds. The normalized spacial score (nSPS) is 24.4. The molecule has 1 N–H and O–H groups in total. The van der Waals surface area contributed by atoms with Crippen LogP contribution in [-0.2, 0) is 4.74 Å². The second kappa shape index (κ2) is 5.23. The lowest BCUT2D eigenvalue weighted by Gasteiger charge is -2.27. The summed E-state index contributed by atoms with van der Waals surface area (Å²) in [6, 6.07) is 2.73. The average Bonchev–Trinajstić information content (AvgIpc) is 2.29. The number of halogens is 1. The Morgan fingerprint density at radius 3 is 3.06 bits per heavy atom. The van der Waals surface area contributed by atoms with Crippen LogP contribution >= 0.6 is 0 Å². The van der Waals surface area contributed by atoms with Gasteiger partial charge in [0.2, 0.25) is 5.95 Å². The van der Waals surface area contributed by atoms with Crippen molar-refractivity contribution in [1.29, 1.82) is 0 Å². The van der Waals surface area contributed by atoms with Crippen LogP contribution in [0.5, 0.6) is 0 Å². The first-order chi connectivity index (χ1) is 8.15. The van der Waals surface area contributed by atoms with Gasteiger partial charge in [-0.3, -0.25) is 4.79 Å². The molecule has 0 spiro atoms. The highest BCUT2D eigenvalue weighted by Crippen LogP contribution is 2.13. The van der Waals surface area contributed by atoms with E-state index in [0.29, 0.717) is 12.2 Å². The van der Waals surface area contributed by atoms with E-state index in [2.05, 4.69) is 10.3 Å². The Balaban J connectivity index is 1.94. The second-order valence-corrected chi connectivity index (χ2v) is 4.25. The molecule has 2 unspecified atom stereocenters. The van der Waals surface area contributed by atoms with Gasteiger partial charge in [-0.05, 0) is 31.9 Å². The van der Waals surface area contributed by atoms with Gasteiger partial charge in [-0.25, -0.2) is 4.98 Å². The first kappa shape index (κ1) is 12.0. The topological polar surface area (TPSA) is 51.2 Å². The number of ether oxygens (including phenoxy) is 1. The van der Waals surface area contributed by atoms with Gasteiger partial charge in [-0.2, -0.15) is 4.39 Å². The highest BCUT2D eigenvalue weighted by Gasteiger charge is 2.21. The number of pyridine rings is 1. The summed E-state index contributed by atoms with van der Waals surface area (Å²) >= 11 is 0. The molecular formula is C12H15FN2O2. The molecule has 2 heterocycles. The van der Waals surface area contributed by atoms with E-state index in [1.54, 1.807) is 0 Å². The van der Waals surface area contributed by atoms with Crippen LogP contribution in [0, 0.1) is 5.95 Å². The molecule has 2 rings (SSSR count). The molecule has 0 saturated carbocycles. The van der Waals surface area contributed by atoms with Crippen LogP contribution in [0.1, 0.15) is 30.1 Å². The predicted octanol–water partition coefficient (Wildman–Crippen LogP) is 1.52. The van der Waals surface area contributed by atoms with Gasteiger partial charge in [0.25, 0.3) is 5.91 Å². The third kappa shape index (κ3) is 3.23. The SMILES string of the molecule is CC1CC(NC(=O)c2ccc(F)nc2)CCO1. The van der Waals surface area contributed by atoms with Crippen molar-refractivity contribution in [1.82, 2.24) is 10.3 Å². The number of nitrogens with one attached hydrogen (secondary N) is 1. The molecule has 2 atom stereocenters. The molecule has 1 aliphatic heterocycles. The van der Waals surface area contributed by atoms with E-state index in [1.165, 1.54) is 18.3 Å². The number of amides is 1. The molecule has 1 fully saturated rings. The molecular weight excluding hydrogens is 223 g/mol. The van der Waals surface area contributed by atoms with Crippen molar-refractivity contribution >= 4 is 5.91 Å².